The fraction of sp³-hybridized carbons (Fsp3) is 0.353. The maximum Gasteiger partial charge on any atom is 0.163 e. The topological polar surface area (TPSA) is 55.6 Å². The molecule has 3 heterocycles. The minimum Gasteiger partial charge on any atom is -0.307 e. The van der Waals surface area contributed by atoms with E-state index in [1.165, 1.54) is 12.8 Å². The van der Waals surface area contributed by atoms with Crippen LogP contribution < -0.4 is 5.32 Å². The molecule has 0 saturated carbocycles. The number of benzene rings is 1. The summed E-state index contributed by atoms with van der Waals surface area (Å²) in [6, 6.07) is 5.77. The van der Waals surface area contributed by atoms with Crippen LogP contribution in [-0.2, 0) is 6.54 Å². The molecule has 1 atom stereocenters. The number of rotatable bonds is 3. The molecule has 124 valence electrons. The molecule has 24 heavy (non-hydrogen) atoms. The van der Waals surface area contributed by atoms with Crippen LogP contribution in [0.5, 0.6) is 0 Å². The minimum atomic E-state index is 0.209. The quantitative estimate of drug-likeness (QED) is 0.767. The number of aromatic nitrogens is 4. The number of nitrogens with zero attached hydrogens (tertiary/aromatic N) is 4. The lowest BCUT2D eigenvalue weighted by molar-refractivity contribution is 0.384. The zero-order chi connectivity index (χ0) is 16.5. The molecule has 1 N–H and O–H groups in total. The number of imidazole rings is 1. The normalized spacial score (nSPS) is 18.2. The molecule has 0 aliphatic carbocycles. The second-order valence-corrected chi connectivity index (χ2v) is 6.80. The highest BCUT2D eigenvalue weighted by Gasteiger charge is 2.24. The van der Waals surface area contributed by atoms with Crippen LogP contribution in [0.15, 0.2) is 30.7 Å². The van der Waals surface area contributed by atoms with Crippen molar-refractivity contribution in [2.45, 2.75) is 31.8 Å². The second kappa shape index (κ2) is 6.67. The van der Waals surface area contributed by atoms with E-state index in [1.54, 1.807) is 12.5 Å². The van der Waals surface area contributed by atoms with Crippen LogP contribution in [0.4, 0.5) is 0 Å². The van der Waals surface area contributed by atoms with E-state index in [0.717, 1.165) is 35.9 Å². The van der Waals surface area contributed by atoms with Crippen LogP contribution in [0.1, 0.15) is 36.7 Å². The first-order valence-corrected chi connectivity index (χ1v) is 8.82. The van der Waals surface area contributed by atoms with Gasteiger partial charge in [0.1, 0.15) is 17.8 Å². The van der Waals surface area contributed by atoms with Crippen LogP contribution in [0, 0.1) is 0 Å². The van der Waals surface area contributed by atoms with Crippen molar-refractivity contribution in [2.75, 3.05) is 6.54 Å². The minimum absolute atomic E-state index is 0.209. The molecule has 1 aromatic rings. The third kappa shape index (κ3) is 2.88. The lowest BCUT2D eigenvalue weighted by Crippen LogP contribution is -2.31. The number of piperidine rings is 1. The molecule has 1 unspecified atom stereocenters. The molecule has 0 amide bonds. The number of hydrogen-bond donors (Lipinski definition) is 1. The van der Waals surface area contributed by atoms with Crippen molar-refractivity contribution in [3.05, 3.63) is 52.2 Å². The molecule has 7 heteroatoms. The Hall–Kier alpha value is -1.69. The number of nitrogens with one attached hydrogen (secondary N) is 1. The van der Waals surface area contributed by atoms with Crippen LogP contribution >= 0.6 is 23.2 Å². The number of hydrogen-bond acceptors (Lipinski definition) is 4. The summed E-state index contributed by atoms with van der Waals surface area (Å²) in [5.41, 5.74) is 1.65. The van der Waals surface area contributed by atoms with E-state index in [9.17, 15) is 0 Å². The SMILES string of the molecule is Clc1cccc(Cl)c1Cn1c2ncnc-2cnc1C1CCCCN1. The highest BCUT2D eigenvalue weighted by molar-refractivity contribution is 6.35. The third-order valence-corrected chi connectivity index (χ3v) is 5.17. The van der Waals surface area contributed by atoms with Gasteiger partial charge in [-0.2, -0.15) is 0 Å². The predicted molar refractivity (Wildman–Crippen MR) is 94.6 cm³/mol. The van der Waals surface area contributed by atoms with Crippen molar-refractivity contribution >= 4 is 23.2 Å². The van der Waals surface area contributed by atoms with Crippen molar-refractivity contribution in [2.24, 2.45) is 0 Å². The average Bonchev–Trinajstić information content (AvgIpc) is 3.08. The Morgan fingerprint density at radius 2 is 1.96 bits per heavy atom. The molecular weight excluding hydrogens is 345 g/mol. The first-order chi connectivity index (χ1) is 11.7. The summed E-state index contributed by atoms with van der Waals surface area (Å²) < 4.78 is 2.08. The Morgan fingerprint density at radius 3 is 2.71 bits per heavy atom. The zero-order valence-electron chi connectivity index (χ0n) is 13.0. The summed E-state index contributed by atoms with van der Waals surface area (Å²) in [6.07, 6.45) is 6.80. The van der Waals surface area contributed by atoms with Crippen molar-refractivity contribution in [1.82, 2.24) is 24.8 Å². The van der Waals surface area contributed by atoms with Gasteiger partial charge in [-0.15, -0.1) is 0 Å². The van der Waals surface area contributed by atoms with Crippen LogP contribution in [0.25, 0.3) is 11.5 Å². The number of fused-ring (bicyclic) bond motifs is 1. The summed E-state index contributed by atoms with van der Waals surface area (Å²) in [5.74, 6) is 1.77. The molecule has 1 fully saturated rings. The molecule has 5 nitrogen and oxygen atoms in total. The monoisotopic (exact) mass is 361 g/mol. The van der Waals surface area contributed by atoms with E-state index in [2.05, 4.69) is 24.8 Å². The lowest BCUT2D eigenvalue weighted by atomic mass is 10.0. The van der Waals surface area contributed by atoms with Crippen molar-refractivity contribution < 1.29 is 0 Å². The Labute approximate surface area is 150 Å². The Balaban J connectivity index is 1.82. The molecule has 1 aromatic carbocycles. The molecule has 0 spiro atoms. The highest BCUT2D eigenvalue weighted by Crippen LogP contribution is 2.30. The van der Waals surface area contributed by atoms with Gasteiger partial charge in [0.25, 0.3) is 0 Å². The van der Waals surface area contributed by atoms with Gasteiger partial charge < -0.3 is 9.88 Å². The summed E-state index contributed by atoms with van der Waals surface area (Å²) in [4.78, 5) is 13.4. The smallest absolute Gasteiger partial charge is 0.163 e. The van der Waals surface area contributed by atoms with Gasteiger partial charge >= 0.3 is 0 Å². The van der Waals surface area contributed by atoms with E-state index in [0.29, 0.717) is 16.6 Å². The summed E-state index contributed by atoms with van der Waals surface area (Å²) in [5, 5.41) is 4.84. The average molecular weight is 362 g/mol. The van der Waals surface area contributed by atoms with Gasteiger partial charge in [0.2, 0.25) is 0 Å². The molecule has 3 aliphatic rings. The van der Waals surface area contributed by atoms with Gasteiger partial charge in [-0.3, -0.25) is 0 Å². The predicted octanol–water partition coefficient (Wildman–Crippen LogP) is 3.95. The second-order valence-electron chi connectivity index (χ2n) is 5.99. The van der Waals surface area contributed by atoms with E-state index in [4.69, 9.17) is 23.2 Å². The van der Waals surface area contributed by atoms with Gasteiger partial charge in [0.15, 0.2) is 5.82 Å². The summed E-state index contributed by atoms with van der Waals surface area (Å²) in [6.45, 7) is 1.53. The maximum absolute atomic E-state index is 6.37. The molecule has 4 rings (SSSR count). The van der Waals surface area contributed by atoms with Crippen LogP contribution in [-0.4, -0.2) is 26.1 Å². The standard InChI is InChI=1S/C17H17Cl2N5/c18-12-4-3-5-13(19)11(12)9-24-16(14-6-1-2-7-20-14)21-8-15-17(24)23-10-22-15/h3-5,8,10,14,20H,1-2,6-7,9H2. The number of halogens is 2. The lowest BCUT2D eigenvalue weighted by Gasteiger charge is -2.27. The molecule has 0 radical (unpaired) electrons. The fourth-order valence-corrected chi connectivity index (χ4v) is 3.74. The van der Waals surface area contributed by atoms with E-state index in [-0.39, 0.29) is 6.04 Å². The Kier molecular flexibility index (Phi) is 4.39. The van der Waals surface area contributed by atoms with Crippen molar-refractivity contribution in [3.8, 4) is 11.5 Å². The molecular formula is C17H17Cl2N5. The first-order valence-electron chi connectivity index (χ1n) is 8.06. The summed E-state index contributed by atoms with van der Waals surface area (Å²) >= 11 is 12.7. The van der Waals surface area contributed by atoms with E-state index >= 15 is 0 Å². The maximum atomic E-state index is 6.37. The van der Waals surface area contributed by atoms with Gasteiger partial charge in [0.05, 0.1) is 18.8 Å². The molecule has 3 aliphatic heterocycles. The zero-order valence-corrected chi connectivity index (χ0v) is 14.6. The largest absolute Gasteiger partial charge is 0.307 e. The molecule has 1 saturated heterocycles. The first kappa shape index (κ1) is 15.8. The highest BCUT2D eigenvalue weighted by atomic mass is 35.5. The fourth-order valence-electron chi connectivity index (χ4n) is 3.22. The Morgan fingerprint density at radius 1 is 1.12 bits per heavy atom. The third-order valence-electron chi connectivity index (χ3n) is 4.46. The van der Waals surface area contributed by atoms with Crippen molar-refractivity contribution in [1.29, 1.82) is 0 Å². The van der Waals surface area contributed by atoms with Crippen LogP contribution in [0.3, 0.4) is 0 Å². The molecule has 0 bridgehead atoms. The van der Waals surface area contributed by atoms with Gasteiger partial charge in [-0.25, -0.2) is 15.0 Å². The Bertz CT molecular complexity index is 806. The van der Waals surface area contributed by atoms with Gasteiger partial charge in [0, 0.05) is 15.6 Å². The van der Waals surface area contributed by atoms with Crippen molar-refractivity contribution in [3.63, 3.8) is 0 Å². The van der Waals surface area contributed by atoms with Crippen LogP contribution in [0.2, 0.25) is 10.0 Å². The van der Waals surface area contributed by atoms with Gasteiger partial charge in [-0.05, 0) is 31.5 Å². The molecule has 0 aromatic heterocycles. The van der Waals surface area contributed by atoms with Gasteiger partial charge in [-0.1, -0.05) is 35.7 Å². The summed E-state index contributed by atoms with van der Waals surface area (Å²) in [7, 11) is 0. The van der Waals surface area contributed by atoms with E-state index < -0.39 is 0 Å². The van der Waals surface area contributed by atoms with E-state index in [1.807, 2.05) is 18.2 Å².